The molecule has 1 N–H and O–H groups in total. The number of thioether (sulfide) groups is 2. The van der Waals surface area contributed by atoms with Gasteiger partial charge in [-0.1, -0.05) is 29.4 Å². The van der Waals surface area contributed by atoms with E-state index in [4.69, 9.17) is 21.6 Å². The van der Waals surface area contributed by atoms with Crippen molar-refractivity contribution in [3.8, 4) is 11.9 Å². The second-order valence-electron chi connectivity index (χ2n) is 6.48. The topological polar surface area (TPSA) is 90.6 Å². The third kappa shape index (κ3) is 7.65. The van der Waals surface area contributed by atoms with E-state index in [1.54, 1.807) is 35.8 Å². The van der Waals surface area contributed by atoms with Crippen molar-refractivity contribution in [3.63, 3.8) is 0 Å². The van der Waals surface area contributed by atoms with Crippen LogP contribution in [0.15, 0.2) is 40.4 Å². The van der Waals surface area contributed by atoms with Gasteiger partial charge >= 0.3 is 6.09 Å². The summed E-state index contributed by atoms with van der Waals surface area (Å²) in [5, 5.41) is 12.2. The van der Waals surface area contributed by atoms with Crippen LogP contribution in [0.1, 0.15) is 16.7 Å². The monoisotopic (exact) mass is 477 g/mol. The number of hydrogen-bond acceptors (Lipinski definition) is 7. The summed E-state index contributed by atoms with van der Waals surface area (Å²) in [5.41, 5.74) is 3.32. The number of benzene rings is 1. The molecule has 1 fully saturated rings. The molecule has 0 unspecified atom stereocenters. The molecular weight excluding hydrogens is 454 g/mol. The number of aromatic nitrogens is 1. The maximum Gasteiger partial charge on any atom is 0.412 e. The van der Waals surface area contributed by atoms with Gasteiger partial charge in [-0.15, -0.1) is 16.8 Å². The highest BCUT2D eigenvalue weighted by atomic mass is 35.5. The van der Waals surface area contributed by atoms with Crippen molar-refractivity contribution in [2.45, 2.75) is 25.3 Å². The molecule has 10 heteroatoms. The fraction of sp³-hybridized carbons (Fsp3) is 0.333. The summed E-state index contributed by atoms with van der Waals surface area (Å²) in [6.07, 6.45) is 5.17. The van der Waals surface area contributed by atoms with Crippen molar-refractivity contribution < 1.29 is 9.53 Å². The maximum absolute atomic E-state index is 11.0. The van der Waals surface area contributed by atoms with Gasteiger partial charge in [0.05, 0.1) is 0 Å². The number of amides is 1. The lowest BCUT2D eigenvalue weighted by Gasteiger charge is -2.16. The van der Waals surface area contributed by atoms with Gasteiger partial charge in [-0.05, 0) is 55.0 Å². The van der Waals surface area contributed by atoms with Crippen molar-refractivity contribution in [3.05, 3.63) is 52.3 Å². The number of nitrogens with zero attached hydrogens (tertiary/aromatic N) is 4. The molecule has 1 aromatic heterocycles. The maximum atomic E-state index is 11.0. The minimum absolute atomic E-state index is 0.439. The van der Waals surface area contributed by atoms with E-state index in [2.05, 4.69) is 20.2 Å². The predicted molar refractivity (Wildman–Crippen MR) is 128 cm³/mol. The molecule has 1 saturated heterocycles. The lowest BCUT2D eigenvalue weighted by molar-refractivity contribution is 0.203. The van der Waals surface area contributed by atoms with E-state index < -0.39 is 6.09 Å². The van der Waals surface area contributed by atoms with Crippen LogP contribution < -0.4 is 10.1 Å². The van der Waals surface area contributed by atoms with Crippen LogP contribution in [-0.4, -0.2) is 46.7 Å². The number of halogens is 1. The standard InChI is InChI=1S/C11H15NO2S.C10H9ClN4S/c1-7-5-9(14-11(13)12-3)6-8(2)10(7)15-4;11-9-2-1-8(5-13-9)6-15-3-4-16-10(15)14-7-12/h5-6H,1-4H3,(H,12,13);1-2,5H,3-4,6H2. The fourth-order valence-corrected chi connectivity index (χ4v) is 4.71. The number of amidine groups is 1. The largest absolute Gasteiger partial charge is 0.412 e. The average molecular weight is 478 g/mol. The molecule has 7 nitrogen and oxygen atoms in total. The minimum atomic E-state index is -0.439. The molecule has 2 aromatic rings. The number of nitrogens with one attached hydrogen (secondary N) is 1. The summed E-state index contributed by atoms with van der Waals surface area (Å²) in [7, 11) is 1.54. The molecule has 0 bridgehead atoms. The van der Waals surface area contributed by atoms with Crippen LogP contribution in [0.25, 0.3) is 0 Å². The van der Waals surface area contributed by atoms with Crippen LogP contribution in [0.5, 0.6) is 5.75 Å². The SMILES string of the molecule is CNC(=O)Oc1cc(C)c(SC)c(C)c1.N#CN=C1SCCN1Cc1ccc(Cl)nc1. The van der Waals surface area contributed by atoms with Gasteiger partial charge in [-0.2, -0.15) is 5.26 Å². The van der Waals surface area contributed by atoms with E-state index in [0.29, 0.717) is 10.9 Å². The van der Waals surface area contributed by atoms with Gasteiger partial charge in [0.25, 0.3) is 0 Å². The van der Waals surface area contributed by atoms with Crippen LogP contribution in [0.3, 0.4) is 0 Å². The molecule has 164 valence electrons. The number of carbonyl (C=O) groups is 1. The zero-order valence-electron chi connectivity index (χ0n) is 17.8. The van der Waals surface area contributed by atoms with Crippen LogP contribution in [0, 0.1) is 25.3 Å². The van der Waals surface area contributed by atoms with Gasteiger partial charge in [0.2, 0.25) is 6.19 Å². The summed E-state index contributed by atoms with van der Waals surface area (Å²) in [4.78, 5) is 22.1. The molecule has 3 rings (SSSR count). The van der Waals surface area contributed by atoms with Gasteiger partial charge in [0, 0.05) is 37.0 Å². The molecule has 1 aliphatic heterocycles. The molecule has 0 saturated carbocycles. The first kappa shape index (κ1) is 24.9. The number of pyridine rings is 1. The predicted octanol–water partition coefficient (Wildman–Crippen LogP) is 4.86. The van der Waals surface area contributed by atoms with Crippen LogP contribution in [-0.2, 0) is 6.54 Å². The van der Waals surface area contributed by atoms with E-state index in [1.165, 1.54) is 11.9 Å². The third-order valence-corrected chi connectivity index (χ3v) is 6.49. The first-order chi connectivity index (χ1) is 14.9. The quantitative estimate of drug-likeness (QED) is 0.381. The zero-order valence-corrected chi connectivity index (χ0v) is 20.2. The lowest BCUT2D eigenvalue weighted by Crippen LogP contribution is -2.23. The Hall–Kier alpha value is -2.41. The molecule has 0 atom stereocenters. The van der Waals surface area contributed by atoms with Crippen molar-refractivity contribution >= 4 is 46.4 Å². The molecule has 2 heterocycles. The second-order valence-corrected chi connectivity index (χ2v) is 8.75. The molecule has 0 radical (unpaired) electrons. The van der Waals surface area contributed by atoms with E-state index in [9.17, 15) is 4.79 Å². The Labute approximate surface area is 196 Å². The number of hydrogen-bond donors (Lipinski definition) is 1. The molecule has 0 spiro atoms. The number of nitriles is 1. The molecule has 0 aliphatic carbocycles. The van der Waals surface area contributed by atoms with E-state index in [0.717, 1.165) is 40.7 Å². The Morgan fingerprint density at radius 1 is 1.42 bits per heavy atom. The Balaban J connectivity index is 0.000000221. The van der Waals surface area contributed by atoms with Gasteiger partial charge < -0.3 is 15.0 Å². The molecule has 1 aromatic carbocycles. The highest BCUT2D eigenvalue weighted by Gasteiger charge is 2.19. The molecule has 1 aliphatic rings. The molecular formula is C21H24ClN5O2S2. The van der Waals surface area contributed by atoms with Gasteiger partial charge in [-0.3, -0.25) is 0 Å². The summed E-state index contributed by atoms with van der Waals surface area (Å²) in [6, 6.07) is 7.44. The van der Waals surface area contributed by atoms with E-state index in [1.807, 2.05) is 44.5 Å². The highest BCUT2D eigenvalue weighted by Crippen LogP contribution is 2.28. The summed E-state index contributed by atoms with van der Waals surface area (Å²) in [6.45, 7) is 5.65. The van der Waals surface area contributed by atoms with Crippen LogP contribution in [0.4, 0.5) is 4.79 Å². The third-order valence-electron chi connectivity index (χ3n) is 4.22. The Morgan fingerprint density at radius 2 is 2.13 bits per heavy atom. The summed E-state index contributed by atoms with van der Waals surface area (Å²) < 4.78 is 5.07. The van der Waals surface area contributed by atoms with Crippen molar-refractivity contribution in [2.24, 2.45) is 4.99 Å². The minimum Gasteiger partial charge on any atom is -0.410 e. The highest BCUT2D eigenvalue weighted by molar-refractivity contribution is 8.14. The van der Waals surface area contributed by atoms with Gasteiger partial charge in [-0.25, -0.2) is 9.78 Å². The number of rotatable bonds is 4. The van der Waals surface area contributed by atoms with Crippen LogP contribution in [0.2, 0.25) is 5.15 Å². The molecule has 31 heavy (non-hydrogen) atoms. The number of ether oxygens (including phenoxy) is 1. The van der Waals surface area contributed by atoms with Gasteiger partial charge in [0.1, 0.15) is 10.9 Å². The van der Waals surface area contributed by atoms with E-state index in [-0.39, 0.29) is 0 Å². The first-order valence-electron chi connectivity index (χ1n) is 9.37. The van der Waals surface area contributed by atoms with Gasteiger partial charge in [0.15, 0.2) is 5.17 Å². The fourth-order valence-electron chi connectivity index (χ4n) is 2.90. The van der Waals surface area contributed by atoms with Crippen molar-refractivity contribution in [2.75, 3.05) is 25.6 Å². The Kier molecular flexibility index (Phi) is 9.98. The van der Waals surface area contributed by atoms with Crippen molar-refractivity contribution in [1.82, 2.24) is 15.2 Å². The van der Waals surface area contributed by atoms with Crippen molar-refractivity contribution in [1.29, 1.82) is 5.26 Å². The smallest absolute Gasteiger partial charge is 0.410 e. The average Bonchev–Trinajstić information content (AvgIpc) is 3.17. The summed E-state index contributed by atoms with van der Waals surface area (Å²) in [5.74, 6) is 1.56. The number of aryl methyl sites for hydroxylation is 2. The normalized spacial score (nSPS) is 13.9. The molecule has 1 amide bonds. The van der Waals surface area contributed by atoms with E-state index >= 15 is 0 Å². The Bertz CT molecular complexity index is 954. The number of carbonyl (C=O) groups excluding carboxylic acids is 1. The van der Waals surface area contributed by atoms with Crippen LogP contribution >= 0.6 is 35.1 Å². The second kappa shape index (κ2) is 12.4. The lowest BCUT2D eigenvalue weighted by atomic mass is 10.1. The number of aliphatic imine (C=N–C) groups is 1. The summed E-state index contributed by atoms with van der Waals surface area (Å²) >= 11 is 9.01. The Morgan fingerprint density at radius 3 is 2.68 bits per heavy atom. The zero-order chi connectivity index (χ0) is 22.8. The first-order valence-corrected chi connectivity index (χ1v) is 12.0.